The summed E-state index contributed by atoms with van der Waals surface area (Å²) in [5.74, 6) is -0.522. The van der Waals surface area contributed by atoms with Crippen molar-refractivity contribution in [3.05, 3.63) is 11.6 Å². The number of Topliss-reactive ketones (excluding diaryl/α,β-unsaturated/α-hetero) is 1. The van der Waals surface area contributed by atoms with E-state index in [0.29, 0.717) is 19.3 Å². The van der Waals surface area contributed by atoms with Crippen LogP contribution in [0.3, 0.4) is 0 Å². The van der Waals surface area contributed by atoms with Crippen molar-refractivity contribution < 1.29 is 38.7 Å². The highest BCUT2D eigenvalue weighted by atomic mass is 31.2. The summed E-state index contributed by atoms with van der Waals surface area (Å²) < 4.78 is 15.4. The SMILES string of the molecule is C[C@]12CCC(=O)C=C1CC[C@@H]1[C@@H]2[C@@H](O)C[C@@]2(C)[C@H]1CC[C@@]2(O)C(=O)COP(=O)(O)O. The zero-order valence-corrected chi connectivity index (χ0v) is 18.3. The van der Waals surface area contributed by atoms with Gasteiger partial charge in [0.2, 0.25) is 0 Å². The molecular weight excluding hydrogens is 411 g/mol. The van der Waals surface area contributed by atoms with Gasteiger partial charge in [0.1, 0.15) is 12.2 Å². The molecule has 0 unspecified atom stereocenters. The Balaban J connectivity index is 1.64. The first-order valence-electron chi connectivity index (χ1n) is 10.7. The molecule has 7 atom stereocenters. The molecule has 0 spiro atoms. The largest absolute Gasteiger partial charge is 0.470 e. The van der Waals surface area contributed by atoms with Gasteiger partial charge in [0.05, 0.1) is 6.10 Å². The van der Waals surface area contributed by atoms with Crippen LogP contribution in [-0.4, -0.2) is 49.9 Å². The van der Waals surface area contributed by atoms with Crippen LogP contribution in [0.25, 0.3) is 0 Å². The van der Waals surface area contributed by atoms with E-state index < -0.39 is 37.3 Å². The Morgan fingerprint density at radius 3 is 2.60 bits per heavy atom. The summed E-state index contributed by atoms with van der Waals surface area (Å²) in [6, 6.07) is 0. The molecule has 4 rings (SSSR count). The van der Waals surface area contributed by atoms with E-state index in [4.69, 9.17) is 9.79 Å². The molecule has 9 heteroatoms. The number of ketones is 2. The molecule has 0 aromatic carbocycles. The van der Waals surface area contributed by atoms with E-state index in [9.17, 15) is 24.4 Å². The molecule has 0 amide bonds. The number of hydrogen-bond donors (Lipinski definition) is 4. The first-order valence-corrected chi connectivity index (χ1v) is 12.2. The normalized spacial score (nSPS) is 45.9. The van der Waals surface area contributed by atoms with Gasteiger partial charge < -0.3 is 20.0 Å². The van der Waals surface area contributed by atoms with Crippen molar-refractivity contribution in [1.82, 2.24) is 0 Å². The number of aliphatic hydroxyl groups is 2. The maximum Gasteiger partial charge on any atom is 0.470 e. The topological polar surface area (TPSA) is 141 Å². The number of carbonyl (C=O) groups excluding carboxylic acids is 2. The lowest BCUT2D eigenvalue weighted by atomic mass is 9.45. The third kappa shape index (κ3) is 3.19. The zero-order chi connectivity index (χ0) is 22.1. The highest BCUT2D eigenvalue weighted by molar-refractivity contribution is 7.46. The fraction of sp³-hybridized carbons (Fsp3) is 0.810. The molecule has 0 aliphatic heterocycles. The fourth-order valence-electron chi connectivity index (χ4n) is 7.41. The van der Waals surface area contributed by atoms with E-state index in [-0.39, 0.29) is 41.8 Å². The second kappa shape index (κ2) is 7.06. The Morgan fingerprint density at radius 2 is 1.93 bits per heavy atom. The van der Waals surface area contributed by atoms with Gasteiger partial charge in [-0.05, 0) is 67.8 Å². The second-order valence-electron chi connectivity index (χ2n) is 10.2. The predicted octanol–water partition coefficient (Wildman–Crippen LogP) is 1.90. The summed E-state index contributed by atoms with van der Waals surface area (Å²) >= 11 is 0. The molecule has 0 saturated heterocycles. The van der Waals surface area contributed by atoms with E-state index >= 15 is 0 Å². The van der Waals surface area contributed by atoms with Gasteiger partial charge in [-0.25, -0.2) is 4.57 Å². The predicted molar refractivity (Wildman–Crippen MR) is 106 cm³/mol. The first-order chi connectivity index (χ1) is 13.8. The molecule has 0 bridgehead atoms. The highest BCUT2D eigenvalue weighted by Gasteiger charge is 2.68. The Morgan fingerprint density at radius 1 is 1.23 bits per heavy atom. The number of phosphoric ester groups is 1. The molecular formula is C21H31O8P. The molecule has 168 valence electrons. The molecule has 0 heterocycles. The van der Waals surface area contributed by atoms with E-state index in [1.807, 2.05) is 6.92 Å². The smallest absolute Gasteiger partial charge is 0.393 e. The summed E-state index contributed by atoms with van der Waals surface area (Å²) in [4.78, 5) is 42.6. The third-order valence-electron chi connectivity index (χ3n) is 8.87. The van der Waals surface area contributed by atoms with E-state index in [0.717, 1.165) is 18.4 Å². The quantitative estimate of drug-likeness (QED) is 0.484. The Bertz CT molecular complexity index is 848. The van der Waals surface area contributed by atoms with E-state index in [1.54, 1.807) is 6.08 Å². The average Bonchev–Trinajstić information content (AvgIpc) is 2.91. The molecule has 4 N–H and O–H groups in total. The summed E-state index contributed by atoms with van der Waals surface area (Å²) in [6.07, 6.45) is 4.79. The van der Waals surface area contributed by atoms with E-state index in [2.05, 4.69) is 11.4 Å². The number of rotatable bonds is 4. The van der Waals surface area contributed by atoms with Crippen molar-refractivity contribution in [2.24, 2.45) is 28.6 Å². The van der Waals surface area contributed by atoms with Crippen LogP contribution >= 0.6 is 7.82 Å². The zero-order valence-electron chi connectivity index (χ0n) is 17.4. The lowest BCUT2D eigenvalue weighted by Gasteiger charge is -2.60. The van der Waals surface area contributed by atoms with Crippen LogP contribution in [0.15, 0.2) is 11.6 Å². The van der Waals surface area contributed by atoms with Gasteiger partial charge in [-0.15, -0.1) is 0 Å². The molecule has 0 radical (unpaired) electrons. The number of allylic oxidation sites excluding steroid dienone is 1. The molecule has 8 nitrogen and oxygen atoms in total. The minimum Gasteiger partial charge on any atom is -0.393 e. The van der Waals surface area contributed by atoms with Crippen molar-refractivity contribution in [2.45, 2.75) is 70.5 Å². The lowest BCUT2D eigenvalue weighted by Crippen LogP contribution is -2.62. The van der Waals surface area contributed by atoms with Gasteiger partial charge in [0, 0.05) is 11.8 Å². The van der Waals surface area contributed by atoms with Crippen LogP contribution in [0.4, 0.5) is 0 Å². The molecule has 30 heavy (non-hydrogen) atoms. The summed E-state index contributed by atoms with van der Waals surface area (Å²) in [7, 11) is -4.83. The van der Waals surface area contributed by atoms with Crippen LogP contribution < -0.4 is 0 Å². The number of fused-ring (bicyclic) bond motifs is 5. The molecule has 4 aliphatic carbocycles. The third-order valence-corrected chi connectivity index (χ3v) is 9.34. The minimum atomic E-state index is -4.83. The Kier molecular flexibility index (Phi) is 5.25. The average molecular weight is 442 g/mol. The number of hydrogen-bond acceptors (Lipinski definition) is 6. The summed E-state index contributed by atoms with van der Waals surface area (Å²) in [5, 5.41) is 22.7. The van der Waals surface area contributed by atoms with Gasteiger partial charge in [-0.1, -0.05) is 19.4 Å². The molecule has 4 aliphatic rings. The Labute approximate surface area is 175 Å². The van der Waals surface area contributed by atoms with Crippen LogP contribution in [0, 0.1) is 28.6 Å². The maximum atomic E-state index is 12.8. The number of carbonyl (C=O) groups is 2. The highest BCUT2D eigenvalue weighted by Crippen LogP contribution is 2.67. The molecule has 0 aromatic heterocycles. The number of phosphoric acid groups is 1. The van der Waals surface area contributed by atoms with Crippen LogP contribution in [-0.2, 0) is 18.7 Å². The molecule has 0 aromatic rings. The molecule has 3 fully saturated rings. The van der Waals surface area contributed by atoms with Gasteiger partial charge in [0.25, 0.3) is 0 Å². The van der Waals surface area contributed by atoms with Crippen LogP contribution in [0.1, 0.15) is 58.8 Å². The second-order valence-corrected chi connectivity index (χ2v) is 11.4. The van der Waals surface area contributed by atoms with Crippen molar-refractivity contribution >= 4 is 19.4 Å². The minimum absolute atomic E-state index is 0.00547. The summed E-state index contributed by atoms with van der Waals surface area (Å²) in [6.45, 7) is 3.09. The number of aliphatic hydroxyl groups excluding tert-OH is 1. The fourth-order valence-corrected chi connectivity index (χ4v) is 7.70. The Hall–Kier alpha value is -0.890. The van der Waals surface area contributed by atoms with Gasteiger partial charge in [0.15, 0.2) is 11.6 Å². The van der Waals surface area contributed by atoms with Crippen molar-refractivity contribution in [1.29, 1.82) is 0 Å². The van der Waals surface area contributed by atoms with E-state index in [1.165, 1.54) is 0 Å². The van der Waals surface area contributed by atoms with Crippen molar-refractivity contribution in [3.63, 3.8) is 0 Å². The first kappa shape index (κ1) is 22.3. The standard InChI is InChI=1S/C21H31O8P/c1-19-7-5-13(22)9-12(19)3-4-14-15-6-8-21(25,17(24)11-29-30(26,27)28)20(15,2)10-16(23)18(14)19/h9,14-16,18,23,25H,3-8,10-11H2,1-2H3,(H2,26,27,28)/t14-,15-,16-,18+,19-,20-,21+/m0/s1. The maximum absolute atomic E-state index is 12.8. The summed E-state index contributed by atoms with van der Waals surface area (Å²) in [5.41, 5.74) is -1.84. The van der Waals surface area contributed by atoms with Gasteiger partial charge in [-0.2, -0.15) is 0 Å². The van der Waals surface area contributed by atoms with Crippen LogP contribution in [0.5, 0.6) is 0 Å². The van der Waals surface area contributed by atoms with Crippen molar-refractivity contribution in [2.75, 3.05) is 6.61 Å². The van der Waals surface area contributed by atoms with Gasteiger partial charge >= 0.3 is 7.82 Å². The lowest BCUT2D eigenvalue weighted by molar-refractivity contribution is -0.182. The van der Waals surface area contributed by atoms with Crippen LogP contribution in [0.2, 0.25) is 0 Å². The monoisotopic (exact) mass is 442 g/mol. The van der Waals surface area contributed by atoms with Crippen molar-refractivity contribution in [3.8, 4) is 0 Å². The molecule has 3 saturated carbocycles. The van der Waals surface area contributed by atoms with Gasteiger partial charge in [-0.3, -0.25) is 14.1 Å².